The first-order valence-electron chi connectivity index (χ1n) is 6.54. The zero-order valence-electron chi connectivity index (χ0n) is 11.8. The lowest BCUT2D eigenvalue weighted by Crippen LogP contribution is -2.36. The average molecular weight is 248 g/mol. The highest BCUT2D eigenvalue weighted by Gasteiger charge is 2.17. The van der Waals surface area contributed by atoms with Crippen LogP contribution in [0.15, 0.2) is 12.1 Å². The molecule has 0 bridgehead atoms. The average Bonchev–Trinajstić information content (AvgIpc) is 2.32. The van der Waals surface area contributed by atoms with Gasteiger partial charge in [-0.15, -0.1) is 0 Å². The summed E-state index contributed by atoms with van der Waals surface area (Å²) in [4.78, 5) is 11.9. The van der Waals surface area contributed by atoms with Crippen LogP contribution in [-0.4, -0.2) is 19.0 Å². The van der Waals surface area contributed by atoms with Crippen molar-refractivity contribution in [3.63, 3.8) is 0 Å². The molecule has 3 heteroatoms. The van der Waals surface area contributed by atoms with Crippen molar-refractivity contribution < 1.29 is 4.79 Å². The molecule has 100 valence electrons. The van der Waals surface area contributed by atoms with E-state index in [-0.39, 0.29) is 11.8 Å². The van der Waals surface area contributed by atoms with Gasteiger partial charge >= 0.3 is 0 Å². The van der Waals surface area contributed by atoms with Gasteiger partial charge in [-0.3, -0.25) is 4.79 Å². The van der Waals surface area contributed by atoms with Crippen LogP contribution in [0.3, 0.4) is 0 Å². The van der Waals surface area contributed by atoms with Gasteiger partial charge in [0.1, 0.15) is 0 Å². The molecule has 0 saturated heterocycles. The van der Waals surface area contributed by atoms with Gasteiger partial charge in [-0.2, -0.15) is 0 Å². The fraction of sp³-hybridized carbons (Fsp3) is 0.533. The molecule has 3 N–H and O–H groups in total. The van der Waals surface area contributed by atoms with Crippen molar-refractivity contribution in [1.29, 1.82) is 0 Å². The monoisotopic (exact) mass is 248 g/mol. The van der Waals surface area contributed by atoms with Crippen molar-refractivity contribution in [2.45, 2.75) is 34.1 Å². The van der Waals surface area contributed by atoms with Crippen LogP contribution in [0.4, 0.5) is 0 Å². The summed E-state index contributed by atoms with van der Waals surface area (Å²) < 4.78 is 0. The number of carbonyl (C=O) groups is 1. The molecule has 1 rings (SSSR count). The van der Waals surface area contributed by atoms with E-state index in [9.17, 15) is 4.79 Å². The summed E-state index contributed by atoms with van der Waals surface area (Å²) in [6.45, 7) is 9.26. The topological polar surface area (TPSA) is 55.1 Å². The maximum Gasteiger partial charge on any atom is 0.224 e. The van der Waals surface area contributed by atoms with Gasteiger partial charge in [0, 0.05) is 13.1 Å². The van der Waals surface area contributed by atoms with Crippen LogP contribution in [0, 0.1) is 26.7 Å². The third kappa shape index (κ3) is 3.57. The molecule has 0 aliphatic rings. The first kappa shape index (κ1) is 14.7. The van der Waals surface area contributed by atoms with Crippen molar-refractivity contribution in [2.75, 3.05) is 13.1 Å². The van der Waals surface area contributed by atoms with Crippen molar-refractivity contribution in [3.8, 4) is 0 Å². The second-order valence-electron chi connectivity index (χ2n) is 4.89. The summed E-state index contributed by atoms with van der Waals surface area (Å²) in [7, 11) is 0. The molecular weight excluding hydrogens is 224 g/mol. The summed E-state index contributed by atoms with van der Waals surface area (Å²) >= 11 is 0. The fourth-order valence-corrected chi connectivity index (χ4v) is 2.11. The van der Waals surface area contributed by atoms with Gasteiger partial charge in [0.25, 0.3) is 0 Å². The number of carbonyl (C=O) groups excluding carboxylic acids is 1. The van der Waals surface area contributed by atoms with Gasteiger partial charge in [-0.05, 0) is 56.4 Å². The SMILES string of the molecule is CCNC(=O)C(CN)Cc1cc(C)c(C)cc1C. The molecule has 0 aliphatic carbocycles. The molecule has 0 aliphatic heterocycles. The quantitative estimate of drug-likeness (QED) is 0.835. The minimum atomic E-state index is -0.134. The molecule has 0 spiro atoms. The molecule has 3 nitrogen and oxygen atoms in total. The van der Waals surface area contributed by atoms with Gasteiger partial charge in [-0.1, -0.05) is 12.1 Å². The standard InChI is InChI=1S/C15H24N2O/c1-5-17-15(18)14(9-16)8-13-7-11(3)10(2)6-12(13)4/h6-7,14H,5,8-9,16H2,1-4H3,(H,17,18). The van der Waals surface area contributed by atoms with Crippen LogP contribution >= 0.6 is 0 Å². The third-order valence-electron chi connectivity index (χ3n) is 3.42. The largest absolute Gasteiger partial charge is 0.356 e. The van der Waals surface area contributed by atoms with E-state index in [1.54, 1.807) is 0 Å². The molecule has 1 amide bonds. The van der Waals surface area contributed by atoms with E-state index in [0.29, 0.717) is 13.1 Å². The second-order valence-corrected chi connectivity index (χ2v) is 4.89. The number of hydrogen-bond donors (Lipinski definition) is 2. The number of nitrogens with two attached hydrogens (primary N) is 1. The van der Waals surface area contributed by atoms with Gasteiger partial charge in [0.15, 0.2) is 0 Å². The summed E-state index contributed by atoms with van der Waals surface area (Å²) in [6.07, 6.45) is 0.718. The third-order valence-corrected chi connectivity index (χ3v) is 3.42. The Morgan fingerprint density at radius 2 is 1.83 bits per heavy atom. The number of hydrogen-bond acceptors (Lipinski definition) is 2. The normalized spacial score (nSPS) is 12.3. The van der Waals surface area contributed by atoms with Gasteiger partial charge < -0.3 is 11.1 Å². The Labute approximate surface area is 110 Å². The minimum Gasteiger partial charge on any atom is -0.356 e. The molecule has 18 heavy (non-hydrogen) atoms. The molecule has 0 saturated carbocycles. The van der Waals surface area contributed by atoms with E-state index in [0.717, 1.165) is 6.42 Å². The van der Waals surface area contributed by atoms with Crippen LogP contribution in [0.1, 0.15) is 29.2 Å². The number of nitrogens with one attached hydrogen (secondary N) is 1. The fourth-order valence-electron chi connectivity index (χ4n) is 2.11. The van der Waals surface area contributed by atoms with E-state index < -0.39 is 0 Å². The first-order valence-corrected chi connectivity index (χ1v) is 6.54. The predicted octanol–water partition coefficient (Wildman–Crippen LogP) is 1.87. The Morgan fingerprint density at radius 3 is 2.39 bits per heavy atom. The Kier molecular flexibility index (Phi) is 5.35. The maximum atomic E-state index is 11.9. The lowest BCUT2D eigenvalue weighted by atomic mass is 9.92. The van der Waals surface area contributed by atoms with E-state index in [1.807, 2.05) is 6.92 Å². The molecule has 0 heterocycles. The van der Waals surface area contributed by atoms with Crippen LogP contribution in [0.2, 0.25) is 0 Å². The number of benzene rings is 1. The Balaban J connectivity index is 2.88. The van der Waals surface area contributed by atoms with E-state index >= 15 is 0 Å². The maximum absolute atomic E-state index is 11.9. The van der Waals surface area contributed by atoms with Crippen LogP contribution in [-0.2, 0) is 11.2 Å². The van der Waals surface area contributed by atoms with Gasteiger partial charge in [0.2, 0.25) is 5.91 Å². The molecule has 0 radical (unpaired) electrons. The Hall–Kier alpha value is -1.35. The zero-order chi connectivity index (χ0) is 13.7. The highest BCUT2D eigenvalue weighted by Crippen LogP contribution is 2.18. The van der Waals surface area contributed by atoms with Crippen molar-refractivity contribution >= 4 is 5.91 Å². The second kappa shape index (κ2) is 6.55. The van der Waals surface area contributed by atoms with Gasteiger partial charge in [-0.25, -0.2) is 0 Å². The summed E-state index contributed by atoms with van der Waals surface area (Å²) in [5.41, 5.74) is 10.7. The van der Waals surface area contributed by atoms with Crippen molar-refractivity contribution in [3.05, 3.63) is 34.4 Å². The molecule has 0 fully saturated rings. The first-order chi connectivity index (χ1) is 8.49. The number of amides is 1. The number of aryl methyl sites for hydroxylation is 3. The zero-order valence-corrected chi connectivity index (χ0v) is 11.8. The Bertz CT molecular complexity index is 427. The molecule has 0 aromatic heterocycles. The minimum absolute atomic E-state index is 0.0534. The van der Waals surface area contributed by atoms with Crippen LogP contribution < -0.4 is 11.1 Å². The molecule has 1 aromatic carbocycles. The summed E-state index contributed by atoms with van der Waals surface area (Å²) in [6, 6.07) is 4.35. The van der Waals surface area contributed by atoms with Crippen molar-refractivity contribution in [1.82, 2.24) is 5.32 Å². The lowest BCUT2D eigenvalue weighted by Gasteiger charge is -2.17. The van der Waals surface area contributed by atoms with Crippen molar-refractivity contribution in [2.24, 2.45) is 11.7 Å². The van der Waals surface area contributed by atoms with Crippen LogP contribution in [0.25, 0.3) is 0 Å². The Morgan fingerprint density at radius 1 is 1.22 bits per heavy atom. The highest BCUT2D eigenvalue weighted by atomic mass is 16.1. The van der Waals surface area contributed by atoms with E-state index in [4.69, 9.17) is 5.73 Å². The van der Waals surface area contributed by atoms with E-state index in [2.05, 4.69) is 38.2 Å². The lowest BCUT2D eigenvalue weighted by molar-refractivity contribution is -0.124. The molecule has 1 atom stereocenters. The van der Waals surface area contributed by atoms with Crippen LogP contribution in [0.5, 0.6) is 0 Å². The highest BCUT2D eigenvalue weighted by molar-refractivity contribution is 5.79. The summed E-state index contributed by atoms with van der Waals surface area (Å²) in [5.74, 6) is -0.0802. The number of rotatable bonds is 5. The summed E-state index contributed by atoms with van der Waals surface area (Å²) in [5, 5.41) is 2.84. The predicted molar refractivity (Wildman–Crippen MR) is 75.6 cm³/mol. The smallest absolute Gasteiger partial charge is 0.224 e. The van der Waals surface area contributed by atoms with E-state index in [1.165, 1.54) is 22.3 Å². The molecular formula is C15H24N2O. The molecule has 1 unspecified atom stereocenters. The van der Waals surface area contributed by atoms with Gasteiger partial charge in [0.05, 0.1) is 5.92 Å². The molecule has 1 aromatic rings.